The van der Waals surface area contributed by atoms with Gasteiger partial charge in [0.15, 0.2) is 0 Å². The van der Waals surface area contributed by atoms with Gasteiger partial charge in [-0.25, -0.2) is 8.42 Å². The van der Waals surface area contributed by atoms with Crippen molar-refractivity contribution in [3.05, 3.63) is 47.8 Å². The zero-order valence-electron chi connectivity index (χ0n) is 19.2. The third-order valence-corrected chi connectivity index (χ3v) is 8.36. The van der Waals surface area contributed by atoms with Crippen LogP contribution in [-0.2, 0) is 14.8 Å². The molecule has 2 fully saturated rings. The molecule has 4 rings (SSSR count). The second-order valence-corrected chi connectivity index (χ2v) is 11.2. The van der Waals surface area contributed by atoms with Gasteiger partial charge < -0.3 is 15.2 Å². The van der Waals surface area contributed by atoms with Gasteiger partial charge in [0.2, 0.25) is 15.9 Å². The van der Waals surface area contributed by atoms with Gasteiger partial charge in [-0.1, -0.05) is 26.0 Å². The molecule has 0 bridgehead atoms. The number of nitrogens with zero attached hydrogens (tertiary/aromatic N) is 2. The molecule has 0 unspecified atom stereocenters. The Labute approximate surface area is 195 Å². The average molecular weight is 473 g/mol. The number of rotatable bonds is 6. The quantitative estimate of drug-likeness (QED) is 0.672. The fraction of sp³-hybridized carbons (Fsp3) is 0.500. The molecule has 1 atom stereocenters. The normalized spacial score (nSPS) is 19.7. The number of carbonyl (C=O) groups is 2. The zero-order chi connectivity index (χ0) is 23.6. The molecule has 0 spiro atoms. The van der Waals surface area contributed by atoms with E-state index in [0.717, 1.165) is 12.8 Å². The number of amides is 2. The maximum Gasteiger partial charge on any atom is 0.270 e. The maximum atomic E-state index is 13.2. The molecule has 8 nitrogen and oxygen atoms in total. The van der Waals surface area contributed by atoms with Gasteiger partial charge in [0.1, 0.15) is 10.6 Å². The van der Waals surface area contributed by atoms with E-state index in [9.17, 15) is 18.0 Å². The van der Waals surface area contributed by atoms with Crippen LogP contribution in [0.15, 0.2) is 41.4 Å². The number of hydrogen-bond donors (Lipinski definition) is 2. The Morgan fingerprint density at radius 1 is 1.06 bits per heavy atom. The summed E-state index contributed by atoms with van der Waals surface area (Å²) in [5, 5.41) is 2.92. The molecule has 33 heavy (non-hydrogen) atoms. The first-order valence-corrected chi connectivity index (χ1v) is 13.1. The van der Waals surface area contributed by atoms with Crippen molar-refractivity contribution in [2.45, 2.75) is 50.3 Å². The summed E-state index contributed by atoms with van der Waals surface area (Å²) in [6, 6.07) is 9.15. The highest BCUT2D eigenvalue weighted by atomic mass is 32.2. The number of anilines is 1. The zero-order valence-corrected chi connectivity index (χ0v) is 20.0. The van der Waals surface area contributed by atoms with E-state index in [-0.39, 0.29) is 28.9 Å². The summed E-state index contributed by atoms with van der Waals surface area (Å²) in [5.74, 6) is -0.367. The topological polar surface area (TPSA) is 103 Å². The molecule has 178 valence electrons. The predicted molar refractivity (Wildman–Crippen MR) is 127 cm³/mol. The largest absolute Gasteiger partial charge is 0.356 e. The molecule has 9 heteroatoms. The number of nitrogens with one attached hydrogen (secondary N) is 2. The number of carbonyl (C=O) groups excluding carboxylic acids is 2. The molecule has 2 saturated heterocycles. The van der Waals surface area contributed by atoms with Crippen LogP contribution in [0.5, 0.6) is 0 Å². The molecular formula is C24H32N4O4S. The van der Waals surface area contributed by atoms with Crippen molar-refractivity contribution in [2.75, 3.05) is 31.5 Å². The van der Waals surface area contributed by atoms with Crippen LogP contribution >= 0.6 is 0 Å². The molecule has 0 aliphatic carbocycles. The molecular weight excluding hydrogens is 440 g/mol. The lowest BCUT2D eigenvalue weighted by Crippen LogP contribution is -2.43. The number of benzene rings is 1. The van der Waals surface area contributed by atoms with Crippen molar-refractivity contribution in [3.8, 4) is 0 Å². The minimum Gasteiger partial charge on any atom is -0.356 e. The molecule has 1 aromatic heterocycles. The summed E-state index contributed by atoms with van der Waals surface area (Å²) in [6.07, 6.45) is 4.55. The van der Waals surface area contributed by atoms with Gasteiger partial charge in [-0.15, -0.1) is 0 Å². The van der Waals surface area contributed by atoms with Crippen LogP contribution in [0.25, 0.3) is 0 Å². The van der Waals surface area contributed by atoms with Crippen molar-refractivity contribution in [1.82, 2.24) is 14.2 Å². The van der Waals surface area contributed by atoms with Crippen molar-refractivity contribution < 1.29 is 18.0 Å². The lowest BCUT2D eigenvalue weighted by molar-refractivity contribution is -0.120. The lowest BCUT2D eigenvalue weighted by atomic mass is 9.98. The fourth-order valence-corrected chi connectivity index (χ4v) is 5.98. The number of hydrogen-bond acceptors (Lipinski definition) is 4. The molecule has 2 aromatic rings. The smallest absolute Gasteiger partial charge is 0.270 e. The van der Waals surface area contributed by atoms with Gasteiger partial charge in [-0.2, -0.15) is 4.31 Å². The van der Waals surface area contributed by atoms with E-state index in [1.54, 1.807) is 4.90 Å². The van der Waals surface area contributed by atoms with Crippen LogP contribution in [-0.4, -0.2) is 60.6 Å². The Kier molecular flexibility index (Phi) is 6.90. The van der Waals surface area contributed by atoms with Gasteiger partial charge >= 0.3 is 0 Å². The molecule has 1 aromatic carbocycles. The monoisotopic (exact) mass is 472 g/mol. The summed E-state index contributed by atoms with van der Waals surface area (Å²) in [4.78, 5) is 30.0. The van der Waals surface area contributed by atoms with Crippen LogP contribution in [0, 0.1) is 5.92 Å². The van der Waals surface area contributed by atoms with Crippen LogP contribution in [0.3, 0.4) is 0 Å². The van der Waals surface area contributed by atoms with Gasteiger partial charge in [-0.3, -0.25) is 9.59 Å². The number of H-pyrrole nitrogens is 1. The van der Waals surface area contributed by atoms with E-state index in [0.29, 0.717) is 44.1 Å². The third kappa shape index (κ3) is 5.14. The average Bonchev–Trinajstić information content (AvgIpc) is 3.52. The summed E-state index contributed by atoms with van der Waals surface area (Å²) in [5.41, 5.74) is 2.18. The molecule has 0 radical (unpaired) electrons. The number of aromatic amines is 1. The number of piperidine rings is 1. The van der Waals surface area contributed by atoms with E-state index in [4.69, 9.17) is 0 Å². The van der Waals surface area contributed by atoms with Crippen LogP contribution in [0.1, 0.15) is 61.5 Å². The molecule has 2 amide bonds. The van der Waals surface area contributed by atoms with E-state index in [1.807, 2.05) is 24.3 Å². The molecule has 2 N–H and O–H groups in total. The van der Waals surface area contributed by atoms with Gasteiger partial charge in [-0.05, 0) is 55.4 Å². The summed E-state index contributed by atoms with van der Waals surface area (Å²) < 4.78 is 27.8. The highest BCUT2D eigenvalue weighted by Crippen LogP contribution is 2.26. The number of aromatic nitrogens is 1. The van der Waals surface area contributed by atoms with Crippen molar-refractivity contribution in [1.29, 1.82) is 0 Å². The number of likely N-dealkylation sites (tertiary alicyclic amines) is 1. The van der Waals surface area contributed by atoms with Gasteiger partial charge in [0, 0.05) is 38.1 Å². The minimum absolute atomic E-state index is 0.0652. The maximum absolute atomic E-state index is 13.2. The molecule has 2 aliphatic heterocycles. The number of sulfonamides is 1. The summed E-state index contributed by atoms with van der Waals surface area (Å²) in [7, 11) is -3.80. The first-order valence-electron chi connectivity index (χ1n) is 11.6. The first kappa shape index (κ1) is 23.5. The van der Waals surface area contributed by atoms with E-state index >= 15 is 0 Å². The Balaban J connectivity index is 1.41. The summed E-state index contributed by atoms with van der Waals surface area (Å²) >= 11 is 0. The Bertz CT molecular complexity index is 1100. The van der Waals surface area contributed by atoms with Crippen molar-refractivity contribution in [2.24, 2.45) is 5.92 Å². The Morgan fingerprint density at radius 3 is 2.42 bits per heavy atom. The van der Waals surface area contributed by atoms with Crippen molar-refractivity contribution >= 4 is 27.5 Å². The predicted octanol–water partition coefficient (Wildman–Crippen LogP) is 3.41. The van der Waals surface area contributed by atoms with E-state index < -0.39 is 15.9 Å². The molecule has 3 heterocycles. The third-order valence-electron chi connectivity index (χ3n) is 6.52. The van der Waals surface area contributed by atoms with Gasteiger partial charge in [0.25, 0.3) is 5.91 Å². The standard InChI is InChI=1S/C24H32N4O4S/c1-17(2)18-7-9-20(10-8-18)26-23(29)19-6-5-13-28(16-19)33(31,32)21-14-22(25-15-21)24(30)27-11-3-4-12-27/h7-10,14-15,17,19,25H,3-6,11-13,16H2,1-2H3,(H,26,29)/t19-/m0/s1. The van der Waals surface area contributed by atoms with E-state index in [1.165, 1.54) is 22.1 Å². The van der Waals surface area contributed by atoms with Gasteiger partial charge in [0.05, 0.1) is 5.92 Å². The summed E-state index contributed by atoms with van der Waals surface area (Å²) in [6.45, 7) is 6.10. The Hall–Kier alpha value is -2.65. The van der Waals surface area contributed by atoms with Crippen molar-refractivity contribution in [3.63, 3.8) is 0 Å². The fourth-order valence-electron chi connectivity index (χ4n) is 4.46. The highest BCUT2D eigenvalue weighted by molar-refractivity contribution is 7.89. The molecule has 2 aliphatic rings. The second-order valence-electron chi connectivity index (χ2n) is 9.22. The minimum atomic E-state index is -3.80. The Morgan fingerprint density at radius 2 is 1.76 bits per heavy atom. The highest BCUT2D eigenvalue weighted by Gasteiger charge is 2.34. The molecule has 0 saturated carbocycles. The van der Waals surface area contributed by atoms with Crippen LogP contribution < -0.4 is 5.32 Å². The SMILES string of the molecule is CC(C)c1ccc(NC(=O)[C@H]2CCCN(S(=O)(=O)c3c[nH]c(C(=O)N4CCCC4)c3)C2)cc1. The first-order chi connectivity index (χ1) is 15.8. The van der Waals surface area contributed by atoms with Crippen LogP contribution in [0.2, 0.25) is 0 Å². The van der Waals surface area contributed by atoms with Crippen LogP contribution in [0.4, 0.5) is 5.69 Å². The van der Waals surface area contributed by atoms with E-state index in [2.05, 4.69) is 24.1 Å². The second kappa shape index (κ2) is 9.69. The lowest BCUT2D eigenvalue weighted by Gasteiger charge is -2.31.